The highest BCUT2D eigenvalue weighted by Gasteiger charge is 2.26. The summed E-state index contributed by atoms with van der Waals surface area (Å²) < 4.78 is 8.03. The van der Waals surface area contributed by atoms with Gasteiger partial charge in [0.2, 0.25) is 5.95 Å². The van der Waals surface area contributed by atoms with Crippen LogP contribution in [0.2, 0.25) is 0 Å². The van der Waals surface area contributed by atoms with E-state index in [0.717, 1.165) is 54.2 Å². The second kappa shape index (κ2) is 7.96. The molecule has 1 saturated heterocycles. The molecular formula is C24H24N6O2. The van der Waals surface area contributed by atoms with E-state index >= 15 is 0 Å². The van der Waals surface area contributed by atoms with Crippen molar-refractivity contribution in [2.45, 2.75) is 31.6 Å². The van der Waals surface area contributed by atoms with Crippen LogP contribution in [0.15, 0.2) is 54.9 Å². The molecule has 162 valence electrons. The third-order valence-corrected chi connectivity index (χ3v) is 6.29. The van der Waals surface area contributed by atoms with Crippen LogP contribution in [0, 0.1) is 0 Å². The van der Waals surface area contributed by atoms with Gasteiger partial charge in [-0.15, -0.1) is 0 Å². The zero-order chi connectivity index (χ0) is 21.5. The van der Waals surface area contributed by atoms with Crippen molar-refractivity contribution in [3.63, 3.8) is 0 Å². The van der Waals surface area contributed by atoms with Gasteiger partial charge in [-0.05, 0) is 30.5 Å². The first-order chi connectivity index (χ1) is 15.8. The zero-order valence-corrected chi connectivity index (χ0v) is 17.6. The fraction of sp³-hybridized carbons (Fsp3) is 0.333. The number of benzene rings is 1. The molecule has 1 fully saturated rings. The van der Waals surface area contributed by atoms with Crippen LogP contribution in [-0.4, -0.2) is 55.4 Å². The van der Waals surface area contributed by atoms with Crippen molar-refractivity contribution in [3.8, 4) is 11.3 Å². The summed E-state index contributed by atoms with van der Waals surface area (Å²) in [4.78, 5) is 21.0. The lowest BCUT2D eigenvalue weighted by Crippen LogP contribution is -2.36. The zero-order valence-electron chi connectivity index (χ0n) is 17.6. The number of hydrogen-bond acceptors (Lipinski definition) is 7. The maximum absolute atomic E-state index is 9.72. The molecule has 0 amide bonds. The minimum atomic E-state index is -0.215. The highest BCUT2D eigenvalue weighted by Crippen LogP contribution is 2.31. The Hall–Kier alpha value is -3.36. The first-order valence-corrected chi connectivity index (χ1v) is 11.0. The maximum atomic E-state index is 9.72. The summed E-state index contributed by atoms with van der Waals surface area (Å²) in [7, 11) is 0. The van der Waals surface area contributed by atoms with E-state index in [4.69, 9.17) is 14.7 Å². The number of aromatic nitrogens is 5. The first kappa shape index (κ1) is 19.3. The number of pyridine rings is 1. The van der Waals surface area contributed by atoms with Crippen molar-refractivity contribution < 1.29 is 9.84 Å². The Balaban J connectivity index is 1.35. The van der Waals surface area contributed by atoms with Crippen molar-refractivity contribution >= 4 is 17.1 Å². The molecular weight excluding hydrogens is 404 g/mol. The highest BCUT2D eigenvalue weighted by molar-refractivity contribution is 5.76. The SMILES string of the molecule is OC1CCN(c2ncc(-c3ccc4nc5n(c4n3)C(c3ccccc3)COC5)cn2)CC1. The van der Waals surface area contributed by atoms with Crippen LogP contribution in [0.4, 0.5) is 5.95 Å². The minimum Gasteiger partial charge on any atom is -0.393 e. The molecule has 6 rings (SSSR count). The van der Waals surface area contributed by atoms with Gasteiger partial charge in [-0.25, -0.2) is 19.9 Å². The van der Waals surface area contributed by atoms with Gasteiger partial charge in [0.15, 0.2) is 5.65 Å². The Morgan fingerprint density at radius 3 is 2.50 bits per heavy atom. The lowest BCUT2D eigenvalue weighted by molar-refractivity contribution is 0.0677. The number of ether oxygens (including phenoxy) is 1. The number of piperidine rings is 1. The third-order valence-electron chi connectivity index (χ3n) is 6.29. The predicted octanol–water partition coefficient (Wildman–Crippen LogP) is 2.97. The van der Waals surface area contributed by atoms with E-state index in [2.05, 4.69) is 31.6 Å². The van der Waals surface area contributed by atoms with Crippen LogP contribution in [-0.2, 0) is 11.3 Å². The fourth-order valence-corrected chi connectivity index (χ4v) is 4.55. The molecule has 0 aliphatic carbocycles. The quantitative estimate of drug-likeness (QED) is 0.537. The lowest BCUT2D eigenvalue weighted by atomic mass is 10.1. The summed E-state index contributed by atoms with van der Waals surface area (Å²) >= 11 is 0. The van der Waals surface area contributed by atoms with Gasteiger partial charge in [-0.1, -0.05) is 30.3 Å². The summed E-state index contributed by atoms with van der Waals surface area (Å²) in [5.74, 6) is 1.59. The number of imidazole rings is 1. The molecule has 0 saturated carbocycles. The average Bonchev–Trinajstić information content (AvgIpc) is 3.23. The van der Waals surface area contributed by atoms with Gasteiger partial charge in [-0.2, -0.15) is 0 Å². The molecule has 1 atom stereocenters. The van der Waals surface area contributed by atoms with E-state index in [9.17, 15) is 5.11 Å². The Morgan fingerprint density at radius 1 is 0.938 bits per heavy atom. The third kappa shape index (κ3) is 3.41. The van der Waals surface area contributed by atoms with E-state index in [1.807, 2.05) is 42.7 Å². The normalized spacial score (nSPS) is 19.3. The molecule has 8 nitrogen and oxygen atoms in total. The predicted molar refractivity (Wildman–Crippen MR) is 120 cm³/mol. The number of anilines is 1. The van der Waals surface area contributed by atoms with Crippen LogP contribution in [0.5, 0.6) is 0 Å². The smallest absolute Gasteiger partial charge is 0.225 e. The van der Waals surface area contributed by atoms with Gasteiger partial charge in [0.1, 0.15) is 17.9 Å². The Labute approximate surface area is 185 Å². The molecule has 0 spiro atoms. The molecule has 3 aromatic heterocycles. The number of aliphatic hydroxyl groups is 1. The van der Waals surface area contributed by atoms with Gasteiger partial charge in [-0.3, -0.25) is 0 Å². The molecule has 1 N–H and O–H groups in total. The summed E-state index contributed by atoms with van der Waals surface area (Å²) in [5.41, 5.74) is 4.58. The second-order valence-electron chi connectivity index (χ2n) is 8.37. The van der Waals surface area contributed by atoms with Crippen molar-refractivity contribution in [1.29, 1.82) is 0 Å². The summed E-state index contributed by atoms with van der Waals surface area (Å²) in [6, 6.07) is 14.4. The molecule has 0 radical (unpaired) electrons. The summed E-state index contributed by atoms with van der Waals surface area (Å²) in [6.07, 6.45) is 4.94. The molecule has 2 aliphatic heterocycles. The summed E-state index contributed by atoms with van der Waals surface area (Å²) in [5, 5.41) is 9.72. The van der Waals surface area contributed by atoms with Crippen molar-refractivity contribution in [2.75, 3.05) is 24.6 Å². The van der Waals surface area contributed by atoms with Gasteiger partial charge in [0.05, 0.1) is 24.4 Å². The van der Waals surface area contributed by atoms with Gasteiger partial charge in [0.25, 0.3) is 0 Å². The Kier molecular flexibility index (Phi) is 4.81. The van der Waals surface area contributed by atoms with E-state index in [0.29, 0.717) is 19.2 Å². The molecule has 8 heteroatoms. The van der Waals surface area contributed by atoms with Crippen molar-refractivity contribution in [1.82, 2.24) is 24.5 Å². The Bertz CT molecular complexity index is 1230. The molecule has 5 heterocycles. The first-order valence-electron chi connectivity index (χ1n) is 11.0. The van der Waals surface area contributed by atoms with Crippen LogP contribution in [0.3, 0.4) is 0 Å². The number of rotatable bonds is 3. The lowest BCUT2D eigenvalue weighted by Gasteiger charge is -2.29. The molecule has 1 aromatic carbocycles. The van der Waals surface area contributed by atoms with E-state index in [1.165, 1.54) is 5.56 Å². The number of fused-ring (bicyclic) bond motifs is 3. The summed E-state index contributed by atoms with van der Waals surface area (Å²) in [6.45, 7) is 2.62. The second-order valence-corrected chi connectivity index (χ2v) is 8.37. The standard InChI is InChI=1S/C24H24N6O2/c31-18-8-10-29(11-9-18)24-25-12-17(13-26-24)19-6-7-20-23(28-19)30-21(14-32-15-22(30)27-20)16-4-2-1-3-5-16/h1-7,12-13,18,21,31H,8-11,14-15H2. The van der Waals surface area contributed by atoms with Gasteiger partial charge >= 0.3 is 0 Å². The van der Waals surface area contributed by atoms with Gasteiger partial charge < -0.3 is 19.3 Å². The molecule has 4 aromatic rings. The molecule has 0 bridgehead atoms. The van der Waals surface area contributed by atoms with Crippen molar-refractivity contribution in [3.05, 3.63) is 66.2 Å². The largest absolute Gasteiger partial charge is 0.393 e. The minimum absolute atomic E-state index is 0.0424. The van der Waals surface area contributed by atoms with Crippen LogP contribution in [0.25, 0.3) is 22.4 Å². The van der Waals surface area contributed by atoms with Crippen LogP contribution >= 0.6 is 0 Å². The fourth-order valence-electron chi connectivity index (χ4n) is 4.55. The molecule has 1 unspecified atom stereocenters. The van der Waals surface area contributed by atoms with Crippen molar-refractivity contribution in [2.24, 2.45) is 0 Å². The topological polar surface area (TPSA) is 89.2 Å². The van der Waals surface area contributed by atoms with E-state index < -0.39 is 0 Å². The highest BCUT2D eigenvalue weighted by atomic mass is 16.5. The molecule has 32 heavy (non-hydrogen) atoms. The van der Waals surface area contributed by atoms with Crippen LogP contribution in [0.1, 0.15) is 30.3 Å². The van der Waals surface area contributed by atoms with Gasteiger partial charge in [0, 0.05) is 31.0 Å². The number of hydrogen-bond donors (Lipinski definition) is 1. The average molecular weight is 428 g/mol. The number of aliphatic hydroxyl groups excluding tert-OH is 1. The number of nitrogens with zero attached hydrogens (tertiary/aromatic N) is 6. The van der Waals surface area contributed by atoms with Crippen LogP contribution < -0.4 is 4.90 Å². The Morgan fingerprint density at radius 2 is 1.72 bits per heavy atom. The monoisotopic (exact) mass is 428 g/mol. The molecule has 2 aliphatic rings. The maximum Gasteiger partial charge on any atom is 0.225 e. The van der Waals surface area contributed by atoms with E-state index in [-0.39, 0.29) is 12.1 Å². The van der Waals surface area contributed by atoms with E-state index in [1.54, 1.807) is 0 Å².